The van der Waals surface area contributed by atoms with Crippen LogP contribution in [0.15, 0.2) is 53.3 Å². The van der Waals surface area contributed by atoms with Gasteiger partial charge in [0.25, 0.3) is 5.56 Å². The van der Waals surface area contributed by atoms with Crippen molar-refractivity contribution < 1.29 is 0 Å². The molecule has 2 aromatic heterocycles. The van der Waals surface area contributed by atoms with Gasteiger partial charge in [0, 0.05) is 23.3 Å². The molecule has 2 aliphatic rings. The summed E-state index contributed by atoms with van der Waals surface area (Å²) in [4.78, 5) is 19.1. The average molecular weight is 469 g/mol. The van der Waals surface area contributed by atoms with Gasteiger partial charge in [-0.15, -0.1) is 5.10 Å². The van der Waals surface area contributed by atoms with E-state index in [2.05, 4.69) is 74.8 Å². The van der Waals surface area contributed by atoms with Gasteiger partial charge in [0.2, 0.25) is 0 Å². The Bertz CT molecular complexity index is 1400. The van der Waals surface area contributed by atoms with E-state index in [4.69, 9.17) is 0 Å². The third kappa shape index (κ3) is 4.03. The Morgan fingerprint density at radius 3 is 2.77 bits per heavy atom. The Balaban J connectivity index is 1.55. The molecule has 1 aliphatic carbocycles. The summed E-state index contributed by atoms with van der Waals surface area (Å²) in [6.07, 6.45) is 8.83. The van der Waals surface area contributed by atoms with Gasteiger partial charge in [-0.05, 0) is 83.3 Å². The lowest BCUT2D eigenvalue weighted by Crippen LogP contribution is -2.39. The minimum Gasteiger partial charge on any atom is -0.357 e. The summed E-state index contributed by atoms with van der Waals surface area (Å²) in [5, 5.41) is 14.2. The quantitative estimate of drug-likeness (QED) is 0.440. The number of para-hydroxylation sites is 1. The highest BCUT2D eigenvalue weighted by Gasteiger charge is 2.34. The van der Waals surface area contributed by atoms with E-state index in [0.29, 0.717) is 5.56 Å². The highest BCUT2D eigenvalue weighted by atomic mass is 16.1. The number of nitrogens with one attached hydrogen (secondary N) is 1. The molecule has 0 spiro atoms. The number of hydrogen-bond acceptors (Lipinski definition) is 5. The zero-order valence-electron chi connectivity index (χ0n) is 20.3. The van der Waals surface area contributed by atoms with E-state index in [1.165, 1.54) is 36.1 Å². The van der Waals surface area contributed by atoms with E-state index in [9.17, 15) is 4.79 Å². The van der Waals surface area contributed by atoms with Gasteiger partial charge in [0.1, 0.15) is 6.04 Å². The number of tetrazole rings is 1. The van der Waals surface area contributed by atoms with Gasteiger partial charge in [-0.2, -0.15) is 0 Å². The van der Waals surface area contributed by atoms with Crippen LogP contribution in [0.25, 0.3) is 10.9 Å². The van der Waals surface area contributed by atoms with E-state index in [1.807, 2.05) is 10.7 Å². The van der Waals surface area contributed by atoms with Crippen LogP contribution >= 0.6 is 0 Å². The van der Waals surface area contributed by atoms with E-state index >= 15 is 0 Å². The normalized spacial score (nSPS) is 17.5. The lowest BCUT2D eigenvalue weighted by Gasteiger charge is -2.38. The van der Waals surface area contributed by atoms with Crippen molar-refractivity contribution >= 4 is 16.6 Å². The molecular weight excluding hydrogens is 436 g/mol. The molecular formula is C28H32N6O. The summed E-state index contributed by atoms with van der Waals surface area (Å²) in [7, 11) is 0. The van der Waals surface area contributed by atoms with Crippen LogP contribution in [0, 0.1) is 0 Å². The second-order valence-corrected chi connectivity index (χ2v) is 9.93. The first-order chi connectivity index (χ1) is 17.2. The van der Waals surface area contributed by atoms with Crippen molar-refractivity contribution in [1.82, 2.24) is 25.2 Å². The highest BCUT2D eigenvalue weighted by Crippen LogP contribution is 2.38. The summed E-state index contributed by atoms with van der Waals surface area (Å²) in [6.45, 7) is 3.01. The van der Waals surface area contributed by atoms with Gasteiger partial charge in [0.15, 0.2) is 5.82 Å². The monoisotopic (exact) mass is 468 g/mol. The average Bonchev–Trinajstić information content (AvgIpc) is 3.39. The van der Waals surface area contributed by atoms with Crippen LogP contribution in [0.4, 0.5) is 5.69 Å². The number of rotatable bonds is 5. The molecule has 0 bridgehead atoms. The second-order valence-electron chi connectivity index (χ2n) is 9.93. The number of anilines is 1. The van der Waals surface area contributed by atoms with E-state index < -0.39 is 0 Å². The lowest BCUT2D eigenvalue weighted by atomic mass is 9.94. The number of hydrogen-bond donors (Lipinski definition) is 1. The zero-order chi connectivity index (χ0) is 23.8. The van der Waals surface area contributed by atoms with E-state index in [0.717, 1.165) is 55.4 Å². The van der Waals surface area contributed by atoms with Gasteiger partial charge in [-0.25, -0.2) is 4.68 Å². The first-order valence-corrected chi connectivity index (χ1v) is 13.0. The molecule has 3 heterocycles. The number of H-pyrrole nitrogens is 1. The molecule has 0 saturated heterocycles. The third-order valence-corrected chi connectivity index (χ3v) is 7.78. The molecule has 4 aromatic rings. The fourth-order valence-electron chi connectivity index (χ4n) is 5.94. The summed E-state index contributed by atoms with van der Waals surface area (Å²) >= 11 is 0. The van der Waals surface area contributed by atoms with Gasteiger partial charge in [-0.1, -0.05) is 50.5 Å². The number of aryl methyl sites for hydroxylation is 2. The van der Waals surface area contributed by atoms with E-state index in [-0.39, 0.29) is 17.6 Å². The van der Waals surface area contributed by atoms with Crippen molar-refractivity contribution in [3.05, 3.63) is 81.4 Å². The molecule has 1 atom stereocenters. The molecule has 1 unspecified atom stereocenters. The van der Waals surface area contributed by atoms with Gasteiger partial charge in [0.05, 0.1) is 6.04 Å². The van der Waals surface area contributed by atoms with Crippen LogP contribution in [0.3, 0.4) is 0 Å². The van der Waals surface area contributed by atoms with Crippen LogP contribution in [0.5, 0.6) is 0 Å². The molecule has 1 saturated carbocycles. The number of aromatic nitrogens is 5. The first kappa shape index (κ1) is 22.0. The summed E-state index contributed by atoms with van der Waals surface area (Å²) < 4.78 is 2.02. The summed E-state index contributed by atoms with van der Waals surface area (Å²) in [5.41, 5.74) is 5.22. The van der Waals surface area contributed by atoms with E-state index in [1.54, 1.807) is 0 Å². The Morgan fingerprint density at radius 2 is 1.91 bits per heavy atom. The molecule has 1 fully saturated rings. The lowest BCUT2D eigenvalue weighted by molar-refractivity contribution is 0.313. The standard InChI is InChI=1S/C28H32N6O/c1-2-19-14-15-24-21(17-19)18-23(28(35)29-24)26(33-16-8-10-20-9-6-7-13-25(20)33)27-30-31-32-34(27)22-11-4-3-5-12-22/h6-7,9,13-15,17-18,22,26H,2-5,8,10-12,16H2,1H3,(H,29,35). The van der Waals surface area contributed by atoms with Crippen molar-refractivity contribution in [2.45, 2.75) is 70.4 Å². The van der Waals surface area contributed by atoms with Crippen molar-refractivity contribution in [3.63, 3.8) is 0 Å². The molecule has 1 N–H and O–H groups in total. The molecule has 35 heavy (non-hydrogen) atoms. The SMILES string of the molecule is CCc1ccc2[nH]c(=O)c(C(c3nnnn3C3CCCCC3)N3CCCc4ccccc43)cc2c1. The van der Waals surface area contributed by atoms with Crippen LogP contribution in [-0.4, -0.2) is 31.7 Å². The number of aromatic amines is 1. The largest absolute Gasteiger partial charge is 0.357 e. The van der Waals surface area contributed by atoms with Crippen molar-refractivity contribution in [3.8, 4) is 0 Å². The maximum absolute atomic E-state index is 13.6. The Kier molecular flexibility index (Phi) is 5.84. The molecule has 2 aromatic carbocycles. The molecule has 1 aliphatic heterocycles. The maximum atomic E-state index is 13.6. The number of fused-ring (bicyclic) bond motifs is 2. The smallest absolute Gasteiger partial charge is 0.254 e. The van der Waals surface area contributed by atoms with Crippen molar-refractivity contribution in [1.29, 1.82) is 0 Å². The Hall–Kier alpha value is -3.48. The minimum atomic E-state index is -0.355. The molecule has 6 rings (SSSR count). The number of pyridine rings is 1. The van der Waals surface area contributed by atoms with Crippen molar-refractivity contribution in [2.75, 3.05) is 11.4 Å². The Morgan fingerprint density at radius 1 is 1.06 bits per heavy atom. The fourth-order valence-corrected chi connectivity index (χ4v) is 5.94. The third-order valence-electron chi connectivity index (χ3n) is 7.78. The predicted molar refractivity (Wildman–Crippen MR) is 138 cm³/mol. The fraction of sp³-hybridized carbons (Fsp3) is 0.429. The predicted octanol–water partition coefficient (Wildman–Crippen LogP) is 5.12. The minimum absolute atomic E-state index is 0.0759. The highest BCUT2D eigenvalue weighted by molar-refractivity contribution is 5.80. The molecule has 0 amide bonds. The van der Waals surface area contributed by atoms with Crippen LogP contribution in [0.2, 0.25) is 0 Å². The van der Waals surface area contributed by atoms with Gasteiger partial charge < -0.3 is 9.88 Å². The Labute approximate surface area is 205 Å². The number of benzene rings is 2. The van der Waals surface area contributed by atoms with Crippen LogP contribution in [-0.2, 0) is 12.8 Å². The summed E-state index contributed by atoms with van der Waals surface area (Å²) in [5.74, 6) is 0.769. The van der Waals surface area contributed by atoms with Gasteiger partial charge >= 0.3 is 0 Å². The maximum Gasteiger partial charge on any atom is 0.254 e. The zero-order valence-corrected chi connectivity index (χ0v) is 20.3. The molecule has 7 heteroatoms. The molecule has 0 radical (unpaired) electrons. The van der Waals surface area contributed by atoms with Crippen LogP contribution in [0.1, 0.15) is 80.0 Å². The topological polar surface area (TPSA) is 79.7 Å². The number of nitrogens with zero attached hydrogens (tertiary/aromatic N) is 5. The molecule has 180 valence electrons. The summed E-state index contributed by atoms with van der Waals surface area (Å²) in [6, 6.07) is 16.8. The van der Waals surface area contributed by atoms with Crippen LogP contribution < -0.4 is 10.5 Å². The van der Waals surface area contributed by atoms with Crippen molar-refractivity contribution in [2.24, 2.45) is 0 Å². The van der Waals surface area contributed by atoms with Gasteiger partial charge in [-0.3, -0.25) is 4.79 Å². The first-order valence-electron chi connectivity index (χ1n) is 13.0. The molecule has 7 nitrogen and oxygen atoms in total. The second kappa shape index (κ2) is 9.29.